The smallest absolute Gasteiger partial charge is 0.261 e. The van der Waals surface area contributed by atoms with E-state index in [0.717, 1.165) is 25.0 Å². The molecule has 11 heteroatoms. The molecule has 0 unspecified atom stereocenters. The molecular formula is C25H20F2N4O5. The Kier molecular flexibility index (Phi) is 6.19. The molecule has 0 radical (unpaired) electrons. The fourth-order valence-electron chi connectivity index (χ4n) is 3.48. The number of pyridine rings is 3. The topological polar surface area (TPSA) is 105 Å². The van der Waals surface area contributed by atoms with Crippen LogP contribution in [0.15, 0.2) is 48.9 Å². The van der Waals surface area contributed by atoms with Gasteiger partial charge in [-0.2, -0.15) is 4.98 Å². The Morgan fingerprint density at radius 1 is 1.03 bits per heavy atom. The van der Waals surface area contributed by atoms with Crippen LogP contribution in [0.2, 0.25) is 0 Å². The Labute approximate surface area is 204 Å². The molecule has 5 rings (SSSR count). The Hall–Kier alpha value is -4.54. The quantitative estimate of drug-likeness (QED) is 0.369. The molecule has 1 fully saturated rings. The molecule has 1 aliphatic carbocycles. The van der Waals surface area contributed by atoms with Gasteiger partial charge < -0.3 is 24.3 Å². The van der Waals surface area contributed by atoms with Crippen LogP contribution in [0.3, 0.4) is 0 Å². The van der Waals surface area contributed by atoms with Crippen molar-refractivity contribution in [3.63, 3.8) is 0 Å². The Morgan fingerprint density at radius 3 is 2.47 bits per heavy atom. The average Bonchev–Trinajstić information content (AvgIpc) is 3.69. The van der Waals surface area contributed by atoms with Gasteiger partial charge in [0.2, 0.25) is 11.8 Å². The molecule has 9 nitrogen and oxygen atoms in total. The zero-order valence-electron chi connectivity index (χ0n) is 19.2. The van der Waals surface area contributed by atoms with E-state index >= 15 is 0 Å². The lowest BCUT2D eigenvalue weighted by Gasteiger charge is -2.14. The number of nitrogens with zero attached hydrogens (tertiary/aromatic N) is 3. The van der Waals surface area contributed by atoms with E-state index in [2.05, 4.69) is 20.3 Å². The second kappa shape index (κ2) is 9.61. The summed E-state index contributed by atoms with van der Waals surface area (Å²) in [5, 5.41) is 2.78. The van der Waals surface area contributed by atoms with Crippen LogP contribution in [0.4, 0.5) is 14.5 Å². The molecular weight excluding hydrogens is 474 g/mol. The first-order chi connectivity index (χ1) is 17.5. The second-order valence-corrected chi connectivity index (χ2v) is 7.89. The highest BCUT2D eigenvalue weighted by atomic mass is 19.1. The summed E-state index contributed by atoms with van der Waals surface area (Å²) in [7, 11) is 2.83. The first-order valence-corrected chi connectivity index (χ1v) is 10.9. The number of nitrogens with one attached hydrogen (secondary N) is 1. The number of hydrogen-bond donors (Lipinski definition) is 1. The highest BCUT2D eigenvalue weighted by Crippen LogP contribution is 2.38. The third-order valence-corrected chi connectivity index (χ3v) is 5.34. The van der Waals surface area contributed by atoms with Crippen molar-refractivity contribution in [3.8, 4) is 29.0 Å². The molecule has 4 aromatic rings. The van der Waals surface area contributed by atoms with Crippen LogP contribution in [0.25, 0.3) is 10.9 Å². The maximum atomic E-state index is 15.0. The molecule has 0 aliphatic heterocycles. The number of benzene rings is 1. The van der Waals surface area contributed by atoms with E-state index < -0.39 is 23.3 Å². The number of hydrogen-bond acceptors (Lipinski definition) is 8. The van der Waals surface area contributed by atoms with Gasteiger partial charge in [-0.25, -0.2) is 8.78 Å². The van der Waals surface area contributed by atoms with Crippen LogP contribution < -0.4 is 24.3 Å². The van der Waals surface area contributed by atoms with Crippen molar-refractivity contribution in [2.45, 2.75) is 18.9 Å². The SMILES string of the molecule is COc1cc2nccc(Oc3c(F)cc(NC(=O)c4cnccc4OC4CC4)cc3F)c2c(OC)n1. The minimum Gasteiger partial charge on any atom is -0.489 e. The lowest BCUT2D eigenvalue weighted by atomic mass is 10.2. The van der Waals surface area contributed by atoms with Crippen molar-refractivity contribution in [3.05, 3.63) is 66.1 Å². The summed E-state index contributed by atoms with van der Waals surface area (Å²) in [5.74, 6) is -2.56. The van der Waals surface area contributed by atoms with Gasteiger partial charge in [0.25, 0.3) is 5.91 Å². The molecule has 3 aromatic heterocycles. The summed E-state index contributed by atoms with van der Waals surface area (Å²) in [6.07, 6.45) is 6.12. The van der Waals surface area contributed by atoms with Crippen LogP contribution >= 0.6 is 0 Å². The van der Waals surface area contributed by atoms with Crippen molar-refractivity contribution >= 4 is 22.5 Å². The van der Waals surface area contributed by atoms with E-state index in [0.29, 0.717) is 16.7 Å². The molecule has 0 saturated heterocycles. The summed E-state index contributed by atoms with van der Waals surface area (Å²) < 4.78 is 51.7. The number of aromatic nitrogens is 3. The summed E-state index contributed by atoms with van der Waals surface area (Å²) >= 11 is 0. The number of rotatable bonds is 8. The number of fused-ring (bicyclic) bond motifs is 1. The maximum absolute atomic E-state index is 15.0. The van der Waals surface area contributed by atoms with Gasteiger partial charge in [0.15, 0.2) is 17.4 Å². The van der Waals surface area contributed by atoms with E-state index in [1.165, 1.54) is 44.9 Å². The van der Waals surface area contributed by atoms with Gasteiger partial charge in [-0.3, -0.25) is 14.8 Å². The van der Waals surface area contributed by atoms with Gasteiger partial charge in [0.1, 0.15) is 16.9 Å². The fraction of sp³-hybridized carbons (Fsp3) is 0.200. The molecule has 36 heavy (non-hydrogen) atoms. The van der Waals surface area contributed by atoms with Crippen LogP contribution in [0.1, 0.15) is 23.2 Å². The van der Waals surface area contributed by atoms with E-state index in [9.17, 15) is 13.6 Å². The van der Waals surface area contributed by atoms with E-state index in [1.807, 2.05) is 0 Å². The second-order valence-electron chi connectivity index (χ2n) is 7.89. The number of carbonyl (C=O) groups is 1. The third-order valence-electron chi connectivity index (χ3n) is 5.34. The molecule has 1 N–H and O–H groups in total. The number of carbonyl (C=O) groups excluding carboxylic acids is 1. The van der Waals surface area contributed by atoms with Gasteiger partial charge >= 0.3 is 0 Å². The average molecular weight is 494 g/mol. The highest BCUT2D eigenvalue weighted by Gasteiger charge is 2.26. The molecule has 0 spiro atoms. The molecule has 184 valence electrons. The number of halogens is 2. The standard InChI is InChI=1S/C25H20F2N4O5/c1-33-21-11-18-22(25(31-21)34-2)20(6-8-29-18)36-23-16(26)9-13(10-17(23)27)30-24(32)15-12-28-7-5-19(15)35-14-3-4-14/h5-12,14H,3-4H2,1-2H3,(H,30,32). The zero-order valence-corrected chi connectivity index (χ0v) is 19.2. The van der Waals surface area contributed by atoms with Gasteiger partial charge in [0.05, 0.1) is 31.4 Å². The summed E-state index contributed by atoms with van der Waals surface area (Å²) in [5.41, 5.74) is 0.442. The highest BCUT2D eigenvalue weighted by molar-refractivity contribution is 6.06. The number of anilines is 1. The number of amides is 1. The first-order valence-electron chi connectivity index (χ1n) is 10.9. The maximum Gasteiger partial charge on any atom is 0.261 e. The molecule has 0 bridgehead atoms. The minimum atomic E-state index is -1.03. The third kappa shape index (κ3) is 4.67. The molecule has 3 heterocycles. The van der Waals surface area contributed by atoms with E-state index in [4.69, 9.17) is 18.9 Å². The Balaban J connectivity index is 1.42. The van der Waals surface area contributed by atoms with Crippen LogP contribution in [-0.4, -0.2) is 41.2 Å². The van der Waals surface area contributed by atoms with Crippen molar-refractivity contribution in [2.24, 2.45) is 0 Å². The summed E-state index contributed by atoms with van der Waals surface area (Å²) in [6, 6.07) is 6.45. The molecule has 0 atom stereocenters. The van der Waals surface area contributed by atoms with Crippen molar-refractivity contribution < 1.29 is 32.5 Å². The molecule has 1 saturated carbocycles. The number of ether oxygens (including phenoxy) is 4. The zero-order chi connectivity index (χ0) is 25.2. The normalized spacial score (nSPS) is 12.8. The summed E-state index contributed by atoms with van der Waals surface area (Å²) in [4.78, 5) is 25.1. The predicted octanol–water partition coefficient (Wildman–Crippen LogP) is 4.91. The lowest BCUT2D eigenvalue weighted by molar-refractivity contribution is 0.102. The minimum absolute atomic E-state index is 0.0597. The lowest BCUT2D eigenvalue weighted by Crippen LogP contribution is -2.15. The predicted molar refractivity (Wildman–Crippen MR) is 125 cm³/mol. The van der Waals surface area contributed by atoms with Crippen molar-refractivity contribution in [2.75, 3.05) is 19.5 Å². The van der Waals surface area contributed by atoms with Gasteiger partial charge in [-0.15, -0.1) is 0 Å². The van der Waals surface area contributed by atoms with Crippen LogP contribution in [0, 0.1) is 11.6 Å². The van der Waals surface area contributed by atoms with E-state index in [-0.39, 0.29) is 34.9 Å². The largest absolute Gasteiger partial charge is 0.489 e. The molecule has 1 aliphatic rings. The monoisotopic (exact) mass is 494 g/mol. The summed E-state index contributed by atoms with van der Waals surface area (Å²) in [6.45, 7) is 0. The van der Waals surface area contributed by atoms with Crippen molar-refractivity contribution in [1.29, 1.82) is 0 Å². The fourth-order valence-corrected chi connectivity index (χ4v) is 3.48. The van der Waals surface area contributed by atoms with Gasteiger partial charge in [0, 0.05) is 42.5 Å². The Morgan fingerprint density at radius 2 is 1.78 bits per heavy atom. The Bertz CT molecular complexity index is 1440. The molecule has 1 amide bonds. The first kappa shape index (κ1) is 23.2. The van der Waals surface area contributed by atoms with Crippen molar-refractivity contribution in [1.82, 2.24) is 15.0 Å². The van der Waals surface area contributed by atoms with E-state index in [1.54, 1.807) is 6.07 Å². The van der Waals surface area contributed by atoms with Gasteiger partial charge in [-0.05, 0) is 25.0 Å². The van der Waals surface area contributed by atoms with Crippen LogP contribution in [0.5, 0.6) is 29.0 Å². The number of methoxy groups -OCH3 is 2. The van der Waals surface area contributed by atoms with Crippen LogP contribution in [-0.2, 0) is 0 Å². The van der Waals surface area contributed by atoms with Gasteiger partial charge in [-0.1, -0.05) is 0 Å². The molecule has 1 aromatic carbocycles.